The van der Waals surface area contributed by atoms with Crippen molar-refractivity contribution in [1.29, 1.82) is 0 Å². The molecule has 0 aliphatic rings. The Balaban J connectivity index is 2.40. The molecule has 0 unspecified atom stereocenters. The van der Waals surface area contributed by atoms with Crippen molar-refractivity contribution in [2.24, 2.45) is 0 Å². The number of nitrogens with zero attached hydrogens (tertiary/aromatic N) is 1. The highest BCUT2D eigenvalue weighted by Crippen LogP contribution is 2.12. The summed E-state index contributed by atoms with van der Waals surface area (Å²) < 4.78 is 44.1. The van der Waals surface area contributed by atoms with Crippen LogP contribution in [0.5, 0.6) is 5.75 Å². The lowest BCUT2D eigenvalue weighted by atomic mass is 10.3. The van der Waals surface area contributed by atoms with E-state index in [2.05, 4.69) is 0 Å². The predicted octanol–water partition coefficient (Wildman–Crippen LogP) is 3.05. The minimum Gasteiger partial charge on any atom is -0.494 e. The summed E-state index contributed by atoms with van der Waals surface area (Å²) in [4.78, 5) is 0. The highest BCUT2D eigenvalue weighted by Gasteiger charge is 2.19. The number of benzene rings is 1. The van der Waals surface area contributed by atoms with Gasteiger partial charge in [-0.15, -0.1) is 0 Å². The summed E-state index contributed by atoms with van der Waals surface area (Å²) in [6.45, 7) is 5.37. The third-order valence-corrected chi connectivity index (χ3v) is 4.92. The monoisotopic (exact) mass is 317 g/mol. The molecule has 6 heteroatoms. The Labute approximate surface area is 127 Å². The summed E-state index contributed by atoms with van der Waals surface area (Å²) >= 11 is 0. The summed E-state index contributed by atoms with van der Waals surface area (Å²) in [6.07, 6.45) is 2.04. The third kappa shape index (κ3) is 6.44. The van der Waals surface area contributed by atoms with Crippen molar-refractivity contribution >= 4 is 10.0 Å². The molecule has 0 heterocycles. The van der Waals surface area contributed by atoms with Crippen molar-refractivity contribution in [2.45, 2.75) is 33.1 Å². The molecule has 0 spiro atoms. The van der Waals surface area contributed by atoms with Crippen molar-refractivity contribution in [2.75, 3.05) is 25.4 Å². The largest absolute Gasteiger partial charge is 0.494 e. The second kappa shape index (κ2) is 9.00. The van der Waals surface area contributed by atoms with E-state index in [4.69, 9.17) is 4.74 Å². The Bertz CT molecular complexity index is 496. The molecule has 0 fully saturated rings. The fourth-order valence-corrected chi connectivity index (χ4v) is 3.64. The van der Waals surface area contributed by atoms with Crippen LogP contribution in [-0.2, 0) is 10.0 Å². The first-order valence-electron chi connectivity index (χ1n) is 7.35. The molecule has 0 aliphatic heterocycles. The predicted molar refractivity (Wildman–Crippen MR) is 82.5 cm³/mol. The van der Waals surface area contributed by atoms with Gasteiger partial charge in [-0.05, 0) is 43.5 Å². The average Bonchev–Trinajstić information content (AvgIpc) is 2.45. The lowest BCUT2D eigenvalue weighted by Gasteiger charge is -2.20. The zero-order valence-electron chi connectivity index (χ0n) is 12.7. The molecule has 0 aliphatic carbocycles. The van der Waals surface area contributed by atoms with E-state index < -0.39 is 10.0 Å². The molecular formula is C15H24FNO3S. The number of hydrogen-bond donors (Lipinski definition) is 0. The fraction of sp³-hybridized carbons (Fsp3) is 0.600. The van der Waals surface area contributed by atoms with Crippen LogP contribution in [0.2, 0.25) is 0 Å². The molecule has 21 heavy (non-hydrogen) atoms. The molecule has 0 aromatic heterocycles. The normalized spacial score (nSPS) is 11.8. The van der Waals surface area contributed by atoms with Crippen LogP contribution in [0.1, 0.15) is 33.1 Å². The lowest BCUT2D eigenvalue weighted by Crippen LogP contribution is -2.34. The number of sulfonamides is 1. The van der Waals surface area contributed by atoms with Gasteiger partial charge in [0.1, 0.15) is 11.6 Å². The van der Waals surface area contributed by atoms with E-state index in [-0.39, 0.29) is 11.6 Å². The summed E-state index contributed by atoms with van der Waals surface area (Å²) in [5.74, 6) is 0.307. The highest BCUT2D eigenvalue weighted by molar-refractivity contribution is 7.89. The molecule has 0 radical (unpaired) electrons. The van der Waals surface area contributed by atoms with E-state index in [0.717, 1.165) is 12.8 Å². The van der Waals surface area contributed by atoms with Gasteiger partial charge < -0.3 is 4.74 Å². The molecule has 0 N–H and O–H groups in total. The molecule has 0 saturated heterocycles. The number of rotatable bonds is 10. The zero-order chi connectivity index (χ0) is 15.7. The summed E-state index contributed by atoms with van der Waals surface area (Å²) in [5.41, 5.74) is 0. The van der Waals surface area contributed by atoms with E-state index in [0.29, 0.717) is 31.9 Å². The maximum Gasteiger partial charge on any atom is 0.214 e. The van der Waals surface area contributed by atoms with E-state index in [1.807, 2.05) is 13.8 Å². The van der Waals surface area contributed by atoms with Crippen LogP contribution >= 0.6 is 0 Å². The van der Waals surface area contributed by atoms with Crippen molar-refractivity contribution in [3.63, 3.8) is 0 Å². The Morgan fingerprint density at radius 2 is 1.67 bits per heavy atom. The van der Waals surface area contributed by atoms with Crippen LogP contribution in [0, 0.1) is 5.82 Å². The molecule has 0 amide bonds. The van der Waals surface area contributed by atoms with Crippen molar-refractivity contribution in [1.82, 2.24) is 4.31 Å². The topological polar surface area (TPSA) is 46.6 Å². The number of ether oxygens (including phenoxy) is 1. The van der Waals surface area contributed by atoms with Gasteiger partial charge in [-0.3, -0.25) is 0 Å². The third-order valence-electron chi connectivity index (χ3n) is 2.97. The fourth-order valence-electron chi connectivity index (χ4n) is 1.98. The zero-order valence-corrected chi connectivity index (χ0v) is 13.5. The number of hydrogen-bond acceptors (Lipinski definition) is 3. The SMILES string of the molecule is CCCN(CCC)S(=O)(=O)CCCOc1ccc(F)cc1. The van der Waals surface area contributed by atoms with Crippen molar-refractivity contribution in [3.05, 3.63) is 30.1 Å². The van der Waals surface area contributed by atoms with E-state index in [9.17, 15) is 12.8 Å². The first-order valence-corrected chi connectivity index (χ1v) is 8.96. The first kappa shape index (κ1) is 17.9. The average molecular weight is 317 g/mol. The summed E-state index contributed by atoms with van der Waals surface area (Å²) in [7, 11) is -3.21. The van der Waals surface area contributed by atoms with E-state index >= 15 is 0 Å². The van der Waals surface area contributed by atoms with E-state index in [1.54, 1.807) is 4.31 Å². The van der Waals surface area contributed by atoms with Gasteiger partial charge in [0, 0.05) is 13.1 Å². The Morgan fingerprint density at radius 1 is 1.10 bits per heavy atom. The van der Waals surface area contributed by atoms with Crippen LogP contribution in [-0.4, -0.2) is 38.2 Å². The van der Waals surface area contributed by atoms with Gasteiger partial charge in [0.05, 0.1) is 12.4 Å². The summed E-state index contributed by atoms with van der Waals surface area (Å²) in [6, 6.07) is 5.70. The molecule has 1 aromatic carbocycles. The lowest BCUT2D eigenvalue weighted by molar-refractivity contribution is 0.315. The Hall–Kier alpha value is -1.14. The van der Waals surface area contributed by atoms with Crippen molar-refractivity contribution < 1.29 is 17.5 Å². The molecule has 4 nitrogen and oxygen atoms in total. The van der Waals surface area contributed by atoms with Crippen LogP contribution in [0.25, 0.3) is 0 Å². The van der Waals surface area contributed by atoms with Crippen LogP contribution in [0.3, 0.4) is 0 Å². The van der Waals surface area contributed by atoms with Gasteiger partial charge in [0.25, 0.3) is 0 Å². The molecule has 1 rings (SSSR count). The highest BCUT2D eigenvalue weighted by atomic mass is 32.2. The number of halogens is 1. The van der Waals surface area contributed by atoms with Crippen LogP contribution in [0.4, 0.5) is 4.39 Å². The molecule has 120 valence electrons. The minimum absolute atomic E-state index is 0.0776. The van der Waals surface area contributed by atoms with Crippen LogP contribution in [0.15, 0.2) is 24.3 Å². The van der Waals surface area contributed by atoms with Gasteiger partial charge in [-0.25, -0.2) is 17.1 Å². The second-order valence-corrected chi connectivity index (χ2v) is 6.96. The minimum atomic E-state index is -3.21. The molecule has 0 bridgehead atoms. The maximum atomic E-state index is 12.7. The Morgan fingerprint density at radius 3 is 2.19 bits per heavy atom. The van der Waals surface area contributed by atoms with Crippen LogP contribution < -0.4 is 4.74 Å². The molecule has 0 saturated carbocycles. The molecule has 0 atom stereocenters. The quantitative estimate of drug-likeness (QED) is 0.623. The first-order chi connectivity index (χ1) is 9.99. The smallest absolute Gasteiger partial charge is 0.214 e. The van der Waals surface area contributed by atoms with Gasteiger partial charge in [-0.1, -0.05) is 13.8 Å². The maximum absolute atomic E-state index is 12.7. The van der Waals surface area contributed by atoms with Gasteiger partial charge in [-0.2, -0.15) is 0 Å². The van der Waals surface area contributed by atoms with E-state index in [1.165, 1.54) is 24.3 Å². The molecular weight excluding hydrogens is 293 g/mol. The summed E-state index contributed by atoms with van der Waals surface area (Å²) in [5, 5.41) is 0. The van der Waals surface area contributed by atoms with Gasteiger partial charge in [0.15, 0.2) is 0 Å². The standard InChI is InChI=1S/C15H24FNO3S/c1-3-10-17(11-4-2)21(18,19)13-5-12-20-15-8-6-14(16)7-9-15/h6-9H,3-5,10-13H2,1-2H3. The van der Waals surface area contributed by atoms with Crippen molar-refractivity contribution in [3.8, 4) is 5.75 Å². The van der Waals surface area contributed by atoms with Gasteiger partial charge in [0.2, 0.25) is 10.0 Å². The Kier molecular flexibility index (Phi) is 7.67. The molecule has 1 aromatic rings. The second-order valence-electron chi connectivity index (χ2n) is 4.87. The van der Waals surface area contributed by atoms with Gasteiger partial charge >= 0.3 is 0 Å².